The van der Waals surface area contributed by atoms with Gasteiger partial charge in [-0.15, -0.1) is 0 Å². The van der Waals surface area contributed by atoms with E-state index in [-0.39, 0.29) is 5.56 Å². The molecule has 0 saturated carbocycles. The molecule has 20 heavy (non-hydrogen) atoms. The smallest absolute Gasteiger partial charge is 0.337 e. The van der Waals surface area contributed by atoms with Crippen molar-refractivity contribution in [2.45, 2.75) is 6.92 Å². The summed E-state index contributed by atoms with van der Waals surface area (Å²) in [6.45, 7) is 3.33. The average molecular weight is 270 g/mol. The number of aromatic nitrogens is 1. The molecule has 3 rings (SSSR count). The minimum absolute atomic E-state index is 0.231. The zero-order valence-corrected chi connectivity index (χ0v) is 11.0. The second-order valence-electron chi connectivity index (χ2n) is 4.59. The van der Waals surface area contributed by atoms with Gasteiger partial charge in [0.2, 0.25) is 0 Å². The minimum atomic E-state index is -0.965. The Morgan fingerprint density at radius 1 is 1.40 bits per heavy atom. The molecule has 6 heteroatoms. The first-order chi connectivity index (χ1) is 9.66. The highest BCUT2D eigenvalue weighted by Gasteiger charge is 2.21. The molecular weight excluding hydrogens is 256 g/mol. The normalized spacial score (nSPS) is 16.9. The van der Waals surface area contributed by atoms with Gasteiger partial charge in [-0.1, -0.05) is 0 Å². The summed E-state index contributed by atoms with van der Waals surface area (Å²) in [5, 5.41) is 9.34. The summed E-state index contributed by atoms with van der Waals surface area (Å²) in [7, 11) is 0. The van der Waals surface area contributed by atoms with Crippen LogP contribution in [-0.4, -0.2) is 40.3 Å². The number of aryl methyl sites for hydroxylation is 1. The van der Waals surface area contributed by atoms with E-state index in [1.165, 1.54) is 12.3 Å². The zero-order chi connectivity index (χ0) is 14.1. The largest absolute Gasteiger partial charge is 0.478 e. The summed E-state index contributed by atoms with van der Waals surface area (Å²) in [5.74, 6) is -0.136. The number of carboxylic acid groups (broad SMARTS) is 1. The van der Waals surface area contributed by atoms with Crippen LogP contribution in [0.25, 0.3) is 0 Å². The lowest BCUT2D eigenvalue weighted by molar-refractivity contribution is 0.0697. The van der Waals surface area contributed by atoms with Crippen LogP contribution in [0, 0.1) is 6.92 Å². The van der Waals surface area contributed by atoms with E-state index in [4.69, 9.17) is 0 Å². The highest BCUT2D eigenvalue weighted by molar-refractivity contribution is 5.95. The van der Waals surface area contributed by atoms with Crippen molar-refractivity contribution in [3.8, 4) is 0 Å². The van der Waals surface area contributed by atoms with Gasteiger partial charge in [0.1, 0.15) is 5.82 Å². The van der Waals surface area contributed by atoms with Crippen molar-refractivity contribution in [3.63, 3.8) is 0 Å². The second-order valence-corrected chi connectivity index (χ2v) is 4.59. The topological polar surface area (TPSA) is 69.0 Å². The maximum atomic E-state index is 11.4. The second kappa shape index (κ2) is 4.80. The van der Waals surface area contributed by atoms with Gasteiger partial charge in [0.15, 0.2) is 0 Å². The number of nitrogens with zero attached hydrogens (tertiary/aromatic N) is 4. The molecule has 0 saturated heterocycles. The molecule has 2 aliphatic rings. The predicted octanol–water partition coefficient (Wildman–Crippen LogP) is 1.61. The molecule has 1 aromatic heterocycles. The van der Waals surface area contributed by atoms with Crippen LogP contribution in [-0.2, 0) is 0 Å². The van der Waals surface area contributed by atoms with Crippen molar-refractivity contribution in [2.75, 3.05) is 18.0 Å². The molecule has 0 unspecified atom stereocenters. The maximum absolute atomic E-state index is 11.4. The SMILES string of the molecule is Cc1nccc(C(=O)O)c1N1C=CCN2CC=NC2=C1. The van der Waals surface area contributed by atoms with Crippen LogP contribution < -0.4 is 4.90 Å². The summed E-state index contributed by atoms with van der Waals surface area (Å²) < 4.78 is 0. The molecule has 0 bridgehead atoms. The lowest BCUT2D eigenvalue weighted by atomic mass is 10.1. The quantitative estimate of drug-likeness (QED) is 0.884. The van der Waals surface area contributed by atoms with Gasteiger partial charge >= 0.3 is 5.97 Å². The van der Waals surface area contributed by atoms with E-state index in [0.717, 1.165) is 18.9 Å². The van der Waals surface area contributed by atoms with Crippen LogP contribution in [0.4, 0.5) is 5.69 Å². The van der Waals surface area contributed by atoms with E-state index >= 15 is 0 Å². The maximum Gasteiger partial charge on any atom is 0.337 e. The molecule has 1 aromatic rings. The Balaban J connectivity index is 2.10. The number of hydrogen-bond donors (Lipinski definition) is 1. The molecule has 6 nitrogen and oxygen atoms in total. The van der Waals surface area contributed by atoms with Crippen LogP contribution >= 0.6 is 0 Å². The standard InChI is InChI=1S/C14H14N4O2/c1-10-13(11(14(19)20)3-4-15-10)18-7-2-6-17-8-5-16-12(17)9-18/h2-5,7,9H,6,8H2,1H3,(H,19,20). The van der Waals surface area contributed by atoms with E-state index < -0.39 is 5.97 Å². The van der Waals surface area contributed by atoms with Gasteiger partial charge in [-0.2, -0.15) is 0 Å². The third-order valence-corrected chi connectivity index (χ3v) is 3.29. The summed E-state index contributed by atoms with van der Waals surface area (Å²) in [4.78, 5) is 23.8. The molecule has 0 atom stereocenters. The molecular formula is C14H14N4O2. The van der Waals surface area contributed by atoms with Gasteiger partial charge in [0.25, 0.3) is 0 Å². The number of carboxylic acids is 1. The molecule has 1 N–H and O–H groups in total. The molecule has 102 valence electrons. The zero-order valence-electron chi connectivity index (χ0n) is 11.0. The molecule has 0 amide bonds. The Bertz CT molecular complexity index is 649. The number of aromatic carboxylic acids is 1. The number of pyridine rings is 1. The summed E-state index contributed by atoms with van der Waals surface area (Å²) in [6, 6.07) is 1.51. The summed E-state index contributed by atoms with van der Waals surface area (Å²) in [6.07, 6.45) is 9.03. The fourth-order valence-electron chi connectivity index (χ4n) is 2.34. The molecule has 2 aliphatic heterocycles. The van der Waals surface area contributed by atoms with Crippen molar-refractivity contribution < 1.29 is 9.90 Å². The third kappa shape index (κ3) is 2.05. The van der Waals surface area contributed by atoms with Crippen molar-refractivity contribution in [2.24, 2.45) is 4.99 Å². The minimum Gasteiger partial charge on any atom is -0.478 e. The molecule has 0 spiro atoms. The van der Waals surface area contributed by atoms with Crippen LogP contribution in [0.1, 0.15) is 16.1 Å². The predicted molar refractivity (Wildman–Crippen MR) is 75.7 cm³/mol. The Morgan fingerprint density at radius 3 is 3.05 bits per heavy atom. The molecule has 0 aromatic carbocycles. The van der Waals surface area contributed by atoms with E-state index in [1.54, 1.807) is 11.8 Å². The van der Waals surface area contributed by atoms with Crippen molar-refractivity contribution >= 4 is 17.9 Å². The summed E-state index contributed by atoms with van der Waals surface area (Å²) >= 11 is 0. The Morgan fingerprint density at radius 2 is 2.25 bits per heavy atom. The molecule has 0 fully saturated rings. The highest BCUT2D eigenvalue weighted by Crippen LogP contribution is 2.27. The van der Waals surface area contributed by atoms with Gasteiger partial charge in [-0.25, -0.2) is 9.79 Å². The number of anilines is 1. The molecule has 0 radical (unpaired) electrons. The van der Waals surface area contributed by atoms with Gasteiger partial charge in [-0.3, -0.25) is 4.98 Å². The lowest BCUT2D eigenvalue weighted by Gasteiger charge is -2.20. The number of fused-ring (bicyclic) bond motifs is 1. The van der Waals surface area contributed by atoms with E-state index in [9.17, 15) is 9.90 Å². The number of rotatable bonds is 2. The van der Waals surface area contributed by atoms with Crippen LogP contribution in [0.3, 0.4) is 0 Å². The van der Waals surface area contributed by atoms with Crippen LogP contribution in [0.15, 0.2) is 41.6 Å². The first kappa shape index (κ1) is 12.4. The fourth-order valence-corrected chi connectivity index (χ4v) is 2.34. The number of hydrogen-bond acceptors (Lipinski definition) is 5. The Labute approximate surface area is 116 Å². The number of carbonyl (C=O) groups is 1. The van der Waals surface area contributed by atoms with E-state index in [2.05, 4.69) is 14.9 Å². The van der Waals surface area contributed by atoms with Gasteiger partial charge in [0.05, 0.1) is 29.7 Å². The lowest BCUT2D eigenvalue weighted by Crippen LogP contribution is -2.19. The number of aliphatic imine (C=N–C) groups is 1. The van der Waals surface area contributed by atoms with E-state index in [0.29, 0.717) is 11.4 Å². The molecule has 3 heterocycles. The monoisotopic (exact) mass is 270 g/mol. The van der Waals surface area contributed by atoms with Crippen LogP contribution in [0.2, 0.25) is 0 Å². The summed E-state index contributed by atoms with van der Waals surface area (Å²) in [5.41, 5.74) is 1.48. The van der Waals surface area contributed by atoms with Gasteiger partial charge < -0.3 is 14.9 Å². The fraction of sp³-hybridized carbons (Fsp3) is 0.214. The third-order valence-electron chi connectivity index (χ3n) is 3.29. The van der Waals surface area contributed by atoms with E-state index in [1.807, 2.05) is 24.7 Å². The Hall–Kier alpha value is -2.63. The van der Waals surface area contributed by atoms with Crippen molar-refractivity contribution in [1.82, 2.24) is 9.88 Å². The van der Waals surface area contributed by atoms with Crippen molar-refractivity contribution in [1.29, 1.82) is 0 Å². The van der Waals surface area contributed by atoms with Gasteiger partial charge in [-0.05, 0) is 19.1 Å². The first-order valence-electron chi connectivity index (χ1n) is 6.30. The highest BCUT2D eigenvalue weighted by atomic mass is 16.4. The average Bonchev–Trinajstić information content (AvgIpc) is 2.76. The van der Waals surface area contributed by atoms with Crippen LogP contribution in [0.5, 0.6) is 0 Å². The first-order valence-corrected chi connectivity index (χ1v) is 6.30. The Kier molecular flexibility index (Phi) is 2.98. The van der Waals surface area contributed by atoms with Gasteiger partial charge in [0, 0.05) is 25.2 Å². The van der Waals surface area contributed by atoms with Crippen molar-refractivity contribution in [3.05, 3.63) is 47.8 Å². The molecule has 0 aliphatic carbocycles.